The standard InChI is InChI=1S/C13H18N6/c1-10-2-3-13(18-17-10)19-7-11(8-19)4-14-5-12-6-15-9-16-12/h2-3,6,9,11,14H,4-5,7-8H2,1H3,(H,15,16). The van der Waals surface area contributed by atoms with E-state index in [0.29, 0.717) is 5.92 Å². The van der Waals surface area contributed by atoms with E-state index in [1.165, 1.54) is 0 Å². The Kier molecular flexibility index (Phi) is 3.41. The van der Waals surface area contributed by atoms with Gasteiger partial charge in [0.25, 0.3) is 0 Å². The highest BCUT2D eigenvalue weighted by atomic mass is 15.3. The molecule has 0 saturated carbocycles. The zero-order chi connectivity index (χ0) is 13.1. The summed E-state index contributed by atoms with van der Waals surface area (Å²) in [4.78, 5) is 9.34. The molecule has 0 atom stereocenters. The number of H-pyrrole nitrogens is 1. The predicted molar refractivity (Wildman–Crippen MR) is 72.8 cm³/mol. The van der Waals surface area contributed by atoms with Crippen LogP contribution in [0.1, 0.15) is 11.4 Å². The lowest BCUT2D eigenvalue weighted by Gasteiger charge is -2.40. The molecule has 1 saturated heterocycles. The van der Waals surface area contributed by atoms with Crippen molar-refractivity contribution in [3.05, 3.63) is 36.0 Å². The molecule has 0 bridgehead atoms. The zero-order valence-corrected chi connectivity index (χ0v) is 11.0. The molecule has 1 aliphatic rings. The van der Waals surface area contributed by atoms with Gasteiger partial charge in [-0.15, -0.1) is 5.10 Å². The van der Waals surface area contributed by atoms with Gasteiger partial charge in [-0.1, -0.05) is 0 Å². The van der Waals surface area contributed by atoms with Gasteiger partial charge >= 0.3 is 0 Å². The van der Waals surface area contributed by atoms with Crippen molar-refractivity contribution in [3.63, 3.8) is 0 Å². The SMILES string of the molecule is Cc1ccc(N2CC(CNCc3cnc[nH]3)C2)nn1. The second kappa shape index (κ2) is 5.36. The van der Waals surface area contributed by atoms with E-state index in [-0.39, 0.29) is 0 Å². The van der Waals surface area contributed by atoms with E-state index in [0.717, 1.165) is 43.4 Å². The van der Waals surface area contributed by atoms with Crippen LogP contribution in [0, 0.1) is 12.8 Å². The number of hydrogen-bond donors (Lipinski definition) is 2. The number of nitrogens with one attached hydrogen (secondary N) is 2. The number of rotatable bonds is 5. The van der Waals surface area contributed by atoms with Gasteiger partial charge in [-0.3, -0.25) is 0 Å². The highest BCUT2D eigenvalue weighted by molar-refractivity contribution is 5.40. The summed E-state index contributed by atoms with van der Waals surface area (Å²) in [6.07, 6.45) is 3.56. The second-order valence-corrected chi connectivity index (χ2v) is 5.01. The van der Waals surface area contributed by atoms with Crippen LogP contribution in [0.3, 0.4) is 0 Å². The fourth-order valence-corrected chi connectivity index (χ4v) is 2.24. The summed E-state index contributed by atoms with van der Waals surface area (Å²) in [6, 6.07) is 4.04. The fraction of sp³-hybridized carbons (Fsp3) is 0.462. The van der Waals surface area contributed by atoms with E-state index < -0.39 is 0 Å². The molecule has 0 radical (unpaired) electrons. The highest BCUT2D eigenvalue weighted by Crippen LogP contribution is 2.21. The van der Waals surface area contributed by atoms with Crippen LogP contribution in [0.5, 0.6) is 0 Å². The molecule has 0 amide bonds. The molecule has 2 N–H and O–H groups in total. The molecule has 3 rings (SSSR count). The van der Waals surface area contributed by atoms with Crippen LogP contribution < -0.4 is 10.2 Å². The summed E-state index contributed by atoms with van der Waals surface area (Å²) in [6.45, 7) is 5.92. The van der Waals surface area contributed by atoms with Gasteiger partial charge in [0.05, 0.1) is 12.0 Å². The van der Waals surface area contributed by atoms with Gasteiger partial charge < -0.3 is 15.2 Å². The molecule has 6 nitrogen and oxygen atoms in total. The Labute approximate surface area is 112 Å². The summed E-state index contributed by atoms with van der Waals surface area (Å²) in [5.74, 6) is 1.67. The summed E-state index contributed by atoms with van der Waals surface area (Å²) >= 11 is 0. The molecule has 19 heavy (non-hydrogen) atoms. The molecule has 6 heteroatoms. The van der Waals surface area contributed by atoms with Crippen LogP contribution in [0.4, 0.5) is 5.82 Å². The number of hydrogen-bond acceptors (Lipinski definition) is 5. The Morgan fingerprint density at radius 2 is 2.26 bits per heavy atom. The maximum atomic E-state index is 4.20. The molecular weight excluding hydrogens is 240 g/mol. The first-order chi connectivity index (χ1) is 9.31. The van der Waals surface area contributed by atoms with E-state index in [1.54, 1.807) is 6.33 Å². The first-order valence-electron chi connectivity index (χ1n) is 6.54. The van der Waals surface area contributed by atoms with Crippen molar-refractivity contribution in [2.75, 3.05) is 24.5 Å². The number of aryl methyl sites for hydroxylation is 1. The Morgan fingerprint density at radius 3 is 2.95 bits per heavy atom. The van der Waals surface area contributed by atoms with Crippen molar-refractivity contribution < 1.29 is 0 Å². The van der Waals surface area contributed by atoms with Gasteiger partial charge in [0.1, 0.15) is 0 Å². The molecule has 0 unspecified atom stereocenters. The quantitative estimate of drug-likeness (QED) is 0.827. The van der Waals surface area contributed by atoms with Crippen molar-refractivity contribution in [2.45, 2.75) is 13.5 Å². The second-order valence-electron chi connectivity index (χ2n) is 5.01. The van der Waals surface area contributed by atoms with Crippen LogP contribution in [0.15, 0.2) is 24.7 Å². The van der Waals surface area contributed by atoms with Gasteiger partial charge in [0.2, 0.25) is 0 Å². The number of imidazole rings is 1. The van der Waals surface area contributed by atoms with Gasteiger partial charge in [-0.2, -0.15) is 5.10 Å². The Bertz CT molecular complexity index is 500. The molecule has 3 heterocycles. The van der Waals surface area contributed by atoms with E-state index in [4.69, 9.17) is 0 Å². The van der Waals surface area contributed by atoms with E-state index in [9.17, 15) is 0 Å². The largest absolute Gasteiger partial charge is 0.354 e. The summed E-state index contributed by atoms with van der Waals surface area (Å²) < 4.78 is 0. The van der Waals surface area contributed by atoms with Crippen LogP contribution in [-0.4, -0.2) is 39.8 Å². The minimum Gasteiger partial charge on any atom is -0.354 e. The van der Waals surface area contributed by atoms with Crippen molar-refractivity contribution in [1.82, 2.24) is 25.5 Å². The molecule has 0 spiro atoms. The normalized spacial score (nSPS) is 15.5. The minimum atomic E-state index is 0.686. The number of aromatic nitrogens is 4. The van der Waals surface area contributed by atoms with E-state index in [1.807, 2.05) is 25.3 Å². The first kappa shape index (κ1) is 12.1. The van der Waals surface area contributed by atoms with Crippen LogP contribution in [0.2, 0.25) is 0 Å². The summed E-state index contributed by atoms with van der Waals surface area (Å²) in [5, 5.41) is 11.7. The average Bonchev–Trinajstić information content (AvgIpc) is 2.87. The maximum Gasteiger partial charge on any atom is 0.151 e. The van der Waals surface area contributed by atoms with Crippen LogP contribution in [-0.2, 0) is 6.54 Å². The smallest absolute Gasteiger partial charge is 0.151 e. The first-order valence-corrected chi connectivity index (χ1v) is 6.54. The number of aromatic amines is 1. The third-order valence-electron chi connectivity index (χ3n) is 3.37. The van der Waals surface area contributed by atoms with Crippen molar-refractivity contribution in [1.29, 1.82) is 0 Å². The molecule has 100 valence electrons. The average molecular weight is 258 g/mol. The van der Waals surface area contributed by atoms with Gasteiger partial charge in [-0.25, -0.2) is 4.98 Å². The lowest BCUT2D eigenvalue weighted by molar-refractivity contribution is 0.381. The fourth-order valence-electron chi connectivity index (χ4n) is 2.24. The molecule has 2 aromatic rings. The van der Waals surface area contributed by atoms with Crippen LogP contribution >= 0.6 is 0 Å². The third kappa shape index (κ3) is 2.90. The van der Waals surface area contributed by atoms with E-state index in [2.05, 4.69) is 30.4 Å². The van der Waals surface area contributed by atoms with Gasteiger partial charge in [-0.05, 0) is 19.1 Å². The maximum absolute atomic E-state index is 4.20. The molecule has 1 aliphatic heterocycles. The van der Waals surface area contributed by atoms with Crippen molar-refractivity contribution in [2.24, 2.45) is 5.92 Å². The highest BCUT2D eigenvalue weighted by Gasteiger charge is 2.27. The number of anilines is 1. The topological polar surface area (TPSA) is 69.7 Å². The predicted octanol–water partition coefficient (Wildman–Crippen LogP) is 0.734. The van der Waals surface area contributed by atoms with Crippen LogP contribution in [0.25, 0.3) is 0 Å². The van der Waals surface area contributed by atoms with Crippen molar-refractivity contribution in [3.8, 4) is 0 Å². The summed E-state index contributed by atoms with van der Waals surface area (Å²) in [7, 11) is 0. The van der Waals surface area contributed by atoms with Crippen molar-refractivity contribution >= 4 is 5.82 Å². The van der Waals surface area contributed by atoms with E-state index >= 15 is 0 Å². The molecule has 2 aromatic heterocycles. The molecule has 0 aromatic carbocycles. The van der Waals surface area contributed by atoms with Gasteiger partial charge in [0, 0.05) is 44.0 Å². The zero-order valence-electron chi connectivity index (χ0n) is 11.0. The molecule has 1 fully saturated rings. The lowest BCUT2D eigenvalue weighted by Crippen LogP contribution is -2.51. The number of nitrogens with zero attached hydrogens (tertiary/aromatic N) is 4. The molecular formula is C13H18N6. The van der Waals surface area contributed by atoms with Gasteiger partial charge in [0.15, 0.2) is 5.82 Å². The molecule has 0 aliphatic carbocycles. The Morgan fingerprint density at radius 1 is 1.37 bits per heavy atom. The minimum absolute atomic E-state index is 0.686. The summed E-state index contributed by atoms with van der Waals surface area (Å²) in [5.41, 5.74) is 2.09. The third-order valence-corrected chi connectivity index (χ3v) is 3.37. The lowest BCUT2D eigenvalue weighted by atomic mass is 10.0. The monoisotopic (exact) mass is 258 g/mol. The Balaban J connectivity index is 1.39. The Hall–Kier alpha value is -1.95.